The van der Waals surface area contributed by atoms with E-state index in [4.69, 9.17) is 0 Å². The van der Waals surface area contributed by atoms with Gasteiger partial charge in [-0.05, 0) is 35.4 Å². The van der Waals surface area contributed by atoms with Gasteiger partial charge in [-0.25, -0.2) is 0 Å². The van der Waals surface area contributed by atoms with E-state index in [1.165, 1.54) is 30.3 Å². The minimum atomic E-state index is -4.72. The Bertz CT molecular complexity index is 1410. The van der Waals surface area contributed by atoms with Gasteiger partial charge in [0.05, 0.1) is 22.1 Å². The molecule has 36 heavy (non-hydrogen) atoms. The van der Waals surface area contributed by atoms with E-state index in [0.29, 0.717) is 11.6 Å². The number of aliphatic hydroxyl groups is 1. The summed E-state index contributed by atoms with van der Waals surface area (Å²) in [6.45, 7) is 0. The van der Waals surface area contributed by atoms with Crippen molar-refractivity contribution in [2.75, 3.05) is 4.90 Å². The number of allylic oxidation sites excluding steroid dienone is 1. The molecule has 0 bridgehead atoms. The van der Waals surface area contributed by atoms with Crippen molar-refractivity contribution in [1.29, 1.82) is 0 Å². The number of rotatable bonds is 6. The molecule has 1 atom stereocenters. The maximum Gasteiger partial charge on any atom is 0.416 e. The van der Waals surface area contributed by atoms with Gasteiger partial charge in [0.2, 0.25) is 0 Å². The van der Waals surface area contributed by atoms with Gasteiger partial charge in [0.1, 0.15) is 0 Å². The number of benzene rings is 3. The third-order valence-corrected chi connectivity index (χ3v) is 5.55. The number of aliphatic hydroxyl groups excluding tert-OH is 1. The van der Waals surface area contributed by atoms with E-state index in [9.17, 15) is 38.0 Å². The molecular weight excluding hydrogens is 477 g/mol. The summed E-state index contributed by atoms with van der Waals surface area (Å²) >= 11 is 0. The van der Waals surface area contributed by atoms with Gasteiger partial charge >= 0.3 is 6.18 Å². The van der Waals surface area contributed by atoms with Crippen LogP contribution in [-0.2, 0) is 15.8 Å². The Morgan fingerprint density at radius 3 is 2.36 bits per heavy atom. The Morgan fingerprint density at radius 2 is 1.69 bits per heavy atom. The van der Waals surface area contributed by atoms with Gasteiger partial charge in [-0.15, -0.1) is 0 Å². The van der Waals surface area contributed by atoms with Crippen LogP contribution in [0.25, 0.3) is 6.08 Å². The number of non-ortho nitro benzene ring substituents is 1. The van der Waals surface area contributed by atoms with E-state index < -0.39 is 45.7 Å². The zero-order valence-corrected chi connectivity index (χ0v) is 18.3. The molecule has 10 heteroatoms. The summed E-state index contributed by atoms with van der Waals surface area (Å²) in [7, 11) is 0. The van der Waals surface area contributed by atoms with Crippen LogP contribution < -0.4 is 4.90 Å². The third kappa shape index (κ3) is 4.74. The predicted molar refractivity (Wildman–Crippen MR) is 125 cm³/mol. The van der Waals surface area contributed by atoms with Crippen LogP contribution in [0.5, 0.6) is 0 Å². The molecule has 0 radical (unpaired) electrons. The van der Waals surface area contributed by atoms with Gasteiger partial charge < -0.3 is 5.11 Å². The molecule has 0 spiro atoms. The van der Waals surface area contributed by atoms with Gasteiger partial charge in [0.25, 0.3) is 11.6 Å². The molecule has 1 aliphatic rings. The lowest BCUT2D eigenvalue weighted by molar-refractivity contribution is -0.384. The number of hydrogen-bond donors (Lipinski definition) is 1. The summed E-state index contributed by atoms with van der Waals surface area (Å²) in [4.78, 5) is 37.7. The lowest BCUT2D eigenvalue weighted by Crippen LogP contribution is -2.31. The topological polar surface area (TPSA) is 101 Å². The van der Waals surface area contributed by atoms with E-state index in [0.717, 1.165) is 29.2 Å². The van der Waals surface area contributed by atoms with Crippen molar-refractivity contribution in [3.05, 3.63) is 123 Å². The second-order valence-corrected chi connectivity index (χ2v) is 7.85. The third-order valence-electron chi connectivity index (χ3n) is 5.55. The van der Waals surface area contributed by atoms with Crippen LogP contribution >= 0.6 is 0 Å². The number of nitrogens with zero attached hydrogens (tertiary/aromatic N) is 2. The van der Waals surface area contributed by atoms with Crippen LogP contribution in [0, 0.1) is 10.1 Å². The molecule has 0 fully saturated rings. The number of nitro benzene ring substituents is 1. The highest BCUT2D eigenvalue weighted by Crippen LogP contribution is 2.43. The zero-order chi connectivity index (χ0) is 26.0. The van der Waals surface area contributed by atoms with Gasteiger partial charge in [0.15, 0.2) is 11.5 Å². The normalized spacial score (nSPS) is 16.1. The lowest BCUT2D eigenvalue weighted by atomic mass is 9.94. The molecule has 0 aromatic heterocycles. The first kappa shape index (κ1) is 24.4. The highest BCUT2D eigenvalue weighted by atomic mass is 19.4. The molecule has 4 rings (SSSR count). The number of amides is 1. The fourth-order valence-corrected chi connectivity index (χ4v) is 3.91. The zero-order valence-electron chi connectivity index (χ0n) is 18.3. The minimum absolute atomic E-state index is 0.0653. The number of ketones is 1. The van der Waals surface area contributed by atoms with Crippen LogP contribution in [0.3, 0.4) is 0 Å². The van der Waals surface area contributed by atoms with E-state index in [1.54, 1.807) is 30.3 Å². The number of anilines is 1. The van der Waals surface area contributed by atoms with Crippen molar-refractivity contribution in [1.82, 2.24) is 0 Å². The molecule has 1 amide bonds. The van der Waals surface area contributed by atoms with Crippen molar-refractivity contribution < 1.29 is 32.8 Å². The van der Waals surface area contributed by atoms with E-state index in [1.807, 2.05) is 0 Å². The standard InChI is InChI=1S/C26H17F3N2O5/c27-26(28,29)18-9-5-10-19(15-18)30-23(17-8-4-11-20(14-17)31(35)36)22(24(33)25(30)34)21(32)13-12-16-6-2-1-3-7-16/h1-15,23,33H/b13-12+. The van der Waals surface area contributed by atoms with Crippen LogP contribution in [0.1, 0.15) is 22.7 Å². The summed E-state index contributed by atoms with van der Waals surface area (Å²) < 4.78 is 40.1. The van der Waals surface area contributed by atoms with E-state index in [2.05, 4.69) is 0 Å². The number of carbonyl (C=O) groups excluding carboxylic acids is 2. The first-order valence-electron chi connectivity index (χ1n) is 10.5. The second-order valence-electron chi connectivity index (χ2n) is 7.85. The fourth-order valence-electron chi connectivity index (χ4n) is 3.91. The number of carbonyl (C=O) groups is 2. The highest BCUT2D eigenvalue weighted by Gasteiger charge is 2.44. The molecule has 1 N–H and O–H groups in total. The van der Waals surface area contributed by atoms with Crippen LogP contribution in [0.2, 0.25) is 0 Å². The maximum atomic E-state index is 13.4. The van der Waals surface area contributed by atoms with Crippen LogP contribution in [0.4, 0.5) is 24.5 Å². The molecule has 0 saturated carbocycles. The largest absolute Gasteiger partial charge is 0.503 e. The Labute approximate surface area is 202 Å². The SMILES string of the molecule is O=C(/C=C/c1ccccc1)C1=C(O)C(=O)N(c2cccc(C(F)(F)F)c2)C1c1cccc([N+](=O)[O-])c1. The maximum absolute atomic E-state index is 13.4. The van der Waals surface area contributed by atoms with E-state index >= 15 is 0 Å². The van der Waals surface area contributed by atoms with Gasteiger partial charge in [-0.1, -0.05) is 54.6 Å². The lowest BCUT2D eigenvalue weighted by Gasteiger charge is -2.27. The first-order valence-corrected chi connectivity index (χ1v) is 10.5. The Kier molecular flexibility index (Phi) is 6.43. The Hall–Kier alpha value is -4.73. The van der Waals surface area contributed by atoms with Gasteiger partial charge in [0, 0.05) is 17.8 Å². The molecule has 1 aliphatic heterocycles. The molecule has 1 unspecified atom stereocenters. The molecule has 7 nitrogen and oxygen atoms in total. The number of hydrogen-bond acceptors (Lipinski definition) is 5. The smallest absolute Gasteiger partial charge is 0.416 e. The molecule has 1 heterocycles. The Balaban J connectivity index is 1.85. The fraction of sp³-hybridized carbons (Fsp3) is 0.0769. The molecule has 3 aromatic rings. The minimum Gasteiger partial charge on any atom is -0.503 e. The van der Waals surface area contributed by atoms with Crippen LogP contribution in [-0.4, -0.2) is 21.7 Å². The van der Waals surface area contributed by atoms with Crippen LogP contribution in [0.15, 0.2) is 96.3 Å². The number of nitro groups is 1. The van der Waals surface area contributed by atoms with E-state index in [-0.39, 0.29) is 16.9 Å². The molecule has 0 saturated heterocycles. The molecular formula is C26H17F3N2O5. The van der Waals surface area contributed by atoms with Crippen molar-refractivity contribution in [2.24, 2.45) is 0 Å². The molecule has 3 aromatic carbocycles. The highest BCUT2D eigenvalue weighted by molar-refractivity contribution is 6.19. The van der Waals surface area contributed by atoms with Crippen molar-refractivity contribution in [3.63, 3.8) is 0 Å². The summed E-state index contributed by atoms with van der Waals surface area (Å²) in [5.74, 6) is -2.84. The number of halogens is 3. The number of alkyl halides is 3. The average Bonchev–Trinajstić information content (AvgIpc) is 3.13. The second kappa shape index (κ2) is 9.49. The van der Waals surface area contributed by atoms with Crippen molar-refractivity contribution in [2.45, 2.75) is 12.2 Å². The predicted octanol–water partition coefficient (Wildman–Crippen LogP) is 5.80. The summed E-state index contributed by atoms with van der Waals surface area (Å²) in [5.41, 5.74) is -1.35. The summed E-state index contributed by atoms with van der Waals surface area (Å²) in [6.07, 6.45) is -2.15. The van der Waals surface area contributed by atoms with Gasteiger partial charge in [-0.2, -0.15) is 13.2 Å². The van der Waals surface area contributed by atoms with Gasteiger partial charge in [-0.3, -0.25) is 24.6 Å². The van der Waals surface area contributed by atoms with Crippen molar-refractivity contribution in [3.8, 4) is 0 Å². The summed E-state index contributed by atoms with van der Waals surface area (Å²) in [5, 5.41) is 22.0. The average molecular weight is 494 g/mol. The monoisotopic (exact) mass is 494 g/mol. The molecule has 0 aliphatic carbocycles. The quantitative estimate of drug-likeness (QED) is 0.265. The Morgan fingerprint density at radius 1 is 1.00 bits per heavy atom. The molecule has 182 valence electrons. The summed E-state index contributed by atoms with van der Waals surface area (Å²) in [6, 6.07) is 16.1. The van der Waals surface area contributed by atoms with Crippen molar-refractivity contribution >= 4 is 29.1 Å². The first-order chi connectivity index (χ1) is 17.1.